The molecule has 0 radical (unpaired) electrons. The van der Waals surface area contributed by atoms with E-state index in [-0.39, 0.29) is 0 Å². The van der Waals surface area contributed by atoms with E-state index in [1.165, 1.54) is 37.7 Å². The molecule has 1 saturated carbocycles. The fourth-order valence-electron chi connectivity index (χ4n) is 2.58. The lowest BCUT2D eigenvalue weighted by atomic mass is 9.89. The van der Waals surface area contributed by atoms with E-state index in [0.29, 0.717) is 0 Å². The Morgan fingerprint density at radius 2 is 1.71 bits per heavy atom. The van der Waals surface area contributed by atoms with E-state index in [1.54, 1.807) is 18.3 Å². The van der Waals surface area contributed by atoms with Gasteiger partial charge in [-0.25, -0.2) is 0 Å². The zero-order valence-corrected chi connectivity index (χ0v) is 11.0. The lowest BCUT2D eigenvalue weighted by molar-refractivity contribution is 0.414. The van der Waals surface area contributed by atoms with Crippen LogP contribution in [0.1, 0.15) is 44.6 Å². The van der Waals surface area contributed by atoms with Crippen LogP contribution in [0.25, 0.3) is 0 Å². The number of allylic oxidation sites excluding steroid dienone is 2. The molecular formula is C16H22O. The number of benzene rings is 1. The van der Waals surface area contributed by atoms with Gasteiger partial charge in [0.1, 0.15) is 5.75 Å². The van der Waals surface area contributed by atoms with Crippen molar-refractivity contribution in [3.8, 4) is 5.75 Å². The minimum Gasteiger partial charge on any atom is -0.497 e. The van der Waals surface area contributed by atoms with Gasteiger partial charge in [0, 0.05) is 0 Å². The molecule has 0 aromatic heterocycles. The van der Waals surface area contributed by atoms with Crippen molar-refractivity contribution in [2.45, 2.75) is 45.4 Å². The molecule has 0 heterocycles. The number of hydrogen-bond acceptors (Lipinski definition) is 1. The molecule has 1 aliphatic rings. The Balaban J connectivity index is 2.03. The molecule has 92 valence electrons. The van der Waals surface area contributed by atoms with Crippen molar-refractivity contribution in [3.05, 3.63) is 41.0 Å². The van der Waals surface area contributed by atoms with Gasteiger partial charge in [0.2, 0.25) is 0 Å². The van der Waals surface area contributed by atoms with Gasteiger partial charge in [0.05, 0.1) is 7.11 Å². The molecule has 17 heavy (non-hydrogen) atoms. The van der Waals surface area contributed by atoms with Crippen LogP contribution in [0.15, 0.2) is 35.4 Å². The zero-order chi connectivity index (χ0) is 12.1. The van der Waals surface area contributed by atoms with E-state index in [2.05, 4.69) is 19.1 Å². The van der Waals surface area contributed by atoms with Crippen molar-refractivity contribution < 1.29 is 4.74 Å². The van der Waals surface area contributed by atoms with Gasteiger partial charge in [-0.1, -0.05) is 29.7 Å². The van der Waals surface area contributed by atoms with Crippen LogP contribution in [0.3, 0.4) is 0 Å². The lowest BCUT2D eigenvalue weighted by Crippen LogP contribution is -1.99. The first-order chi connectivity index (χ1) is 8.29. The van der Waals surface area contributed by atoms with E-state index in [4.69, 9.17) is 4.74 Å². The van der Waals surface area contributed by atoms with Crippen LogP contribution in [0.4, 0.5) is 0 Å². The Labute approximate surface area is 104 Å². The summed E-state index contributed by atoms with van der Waals surface area (Å²) in [6.07, 6.45) is 7.92. The minimum absolute atomic E-state index is 0.941. The monoisotopic (exact) mass is 230 g/mol. The maximum absolute atomic E-state index is 5.18. The summed E-state index contributed by atoms with van der Waals surface area (Å²) in [5, 5.41) is 0. The molecule has 1 aliphatic carbocycles. The predicted octanol–water partition coefficient (Wildman–Crippen LogP) is 4.52. The van der Waals surface area contributed by atoms with Crippen LogP contribution in [0, 0.1) is 0 Å². The molecule has 0 unspecified atom stereocenters. The van der Waals surface area contributed by atoms with Crippen LogP contribution in [-0.4, -0.2) is 7.11 Å². The fourth-order valence-corrected chi connectivity index (χ4v) is 2.58. The van der Waals surface area contributed by atoms with E-state index < -0.39 is 0 Å². The van der Waals surface area contributed by atoms with Crippen molar-refractivity contribution in [1.29, 1.82) is 0 Å². The van der Waals surface area contributed by atoms with E-state index in [9.17, 15) is 0 Å². The highest BCUT2D eigenvalue weighted by Crippen LogP contribution is 2.27. The topological polar surface area (TPSA) is 9.23 Å². The molecule has 0 saturated heterocycles. The maximum atomic E-state index is 5.18. The zero-order valence-electron chi connectivity index (χ0n) is 11.0. The normalized spacial score (nSPS) is 15.8. The Bertz CT molecular complexity index is 378. The molecule has 1 fully saturated rings. The average molecular weight is 230 g/mol. The minimum atomic E-state index is 0.941. The highest BCUT2D eigenvalue weighted by atomic mass is 16.5. The summed E-state index contributed by atoms with van der Waals surface area (Å²) in [6.45, 7) is 2.30. The molecule has 0 N–H and O–H groups in total. The summed E-state index contributed by atoms with van der Waals surface area (Å²) in [7, 11) is 1.71. The number of hydrogen-bond donors (Lipinski definition) is 0. The Morgan fingerprint density at radius 3 is 2.29 bits per heavy atom. The number of methoxy groups -OCH3 is 1. The second kappa shape index (κ2) is 5.90. The summed E-state index contributed by atoms with van der Waals surface area (Å²) in [4.78, 5) is 0. The summed E-state index contributed by atoms with van der Waals surface area (Å²) >= 11 is 0. The van der Waals surface area contributed by atoms with Crippen LogP contribution in [0.2, 0.25) is 0 Å². The van der Waals surface area contributed by atoms with Crippen molar-refractivity contribution in [2.24, 2.45) is 0 Å². The molecule has 1 aromatic carbocycles. The largest absolute Gasteiger partial charge is 0.497 e. The van der Waals surface area contributed by atoms with Gasteiger partial charge in [-0.15, -0.1) is 0 Å². The maximum Gasteiger partial charge on any atom is 0.118 e. The third-order valence-electron chi connectivity index (χ3n) is 3.69. The first kappa shape index (κ1) is 12.2. The number of ether oxygens (including phenoxy) is 1. The molecule has 0 amide bonds. The summed E-state index contributed by atoms with van der Waals surface area (Å²) in [6, 6.07) is 8.44. The average Bonchev–Trinajstić information content (AvgIpc) is 2.40. The Kier molecular flexibility index (Phi) is 4.24. The Hall–Kier alpha value is -1.24. The first-order valence-corrected chi connectivity index (χ1v) is 6.60. The molecule has 0 atom stereocenters. The van der Waals surface area contributed by atoms with Crippen LogP contribution >= 0.6 is 0 Å². The second-order valence-electron chi connectivity index (χ2n) is 4.97. The van der Waals surface area contributed by atoms with Crippen molar-refractivity contribution in [2.75, 3.05) is 7.11 Å². The van der Waals surface area contributed by atoms with Crippen molar-refractivity contribution in [1.82, 2.24) is 0 Å². The first-order valence-electron chi connectivity index (χ1n) is 6.60. The van der Waals surface area contributed by atoms with Crippen LogP contribution in [-0.2, 0) is 6.42 Å². The van der Waals surface area contributed by atoms with Gasteiger partial charge in [-0.3, -0.25) is 0 Å². The SMILES string of the molecule is COc1ccc(CC(C)=C2CCCCC2)cc1. The van der Waals surface area contributed by atoms with Gasteiger partial charge in [0.25, 0.3) is 0 Å². The summed E-state index contributed by atoms with van der Waals surface area (Å²) in [5.74, 6) is 0.941. The number of rotatable bonds is 3. The van der Waals surface area contributed by atoms with Crippen LogP contribution < -0.4 is 4.74 Å². The molecule has 1 nitrogen and oxygen atoms in total. The third kappa shape index (κ3) is 3.36. The predicted molar refractivity (Wildman–Crippen MR) is 72.5 cm³/mol. The van der Waals surface area contributed by atoms with E-state index >= 15 is 0 Å². The van der Waals surface area contributed by atoms with Crippen LogP contribution in [0.5, 0.6) is 5.75 Å². The molecule has 2 rings (SSSR count). The molecule has 0 aliphatic heterocycles. The highest BCUT2D eigenvalue weighted by Gasteiger charge is 2.08. The molecule has 0 bridgehead atoms. The lowest BCUT2D eigenvalue weighted by Gasteiger charge is -2.17. The quantitative estimate of drug-likeness (QED) is 0.694. The van der Waals surface area contributed by atoms with Gasteiger partial charge >= 0.3 is 0 Å². The summed E-state index contributed by atoms with van der Waals surface area (Å²) < 4.78 is 5.18. The second-order valence-corrected chi connectivity index (χ2v) is 4.97. The summed E-state index contributed by atoms with van der Waals surface area (Å²) in [5.41, 5.74) is 4.67. The van der Waals surface area contributed by atoms with Crippen molar-refractivity contribution in [3.63, 3.8) is 0 Å². The third-order valence-corrected chi connectivity index (χ3v) is 3.69. The molecular weight excluding hydrogens is 208 g/mol. The van der Waals surface area contributed by atoms with Gasteiger partial charge in [-0.05, 0) is 56.7 Å². The fraction of sp³-hybridized carbons (Fsp3) is 0.500. The van der Waals surface area contributed by atoms with E-state index in [0.717, 1.165) is 12.2 Å². The highest BCUT2D eigenvalue weighted by molar-refractivity contribution is 5.30. The molecule has 1 aromatic rings. The van der Waals surface area contributed by atoms with E-state index in [1.807, 2.05) is 12.1 Å². The van der Waals surface area contributed by atoms with Gasteiger partial charge < -0.3 is 4.74 Å². The van der Waals surface area contributed by atoms with Crippen molar-refractivity contribution >= 4 is 0 Å². The smallest absolute Gasteiger partial charge is 0.118 e. The standard InChI is InChI=1S/C16H22O/c1-13(15-6-4-3-5-7-15)12-14-8-10-16(17-2)11-9-14/h8-11H,3-7,12H2,1-2H3. The Morgan fingerprint density at radius 1 is 1.06 bits per heavy atom. The molecule has 1 heteroatoms. The molecule has 0 spiro atoms. The van der Waals surface area contributed by atoms with Gasteiger partial charge in [-0.2, -0.15) is 0 Å². The van der Waals surface area contributed by atoms with Gasteiger partial charge in [0.15, 0.2) is 0 Å².